The fourth-order valence-electron chi connectivity index (χ4n) is 1.92. The third kappa shape index (κ3) is 1.69. The van der Waals surface area contributed by atoms with Gasteiger partial charge in [0.2, 0.25) is 0 Å². The molecule has 2 aliphatic rings. The van der Waals surface area contributed by atoms with Crippen LogP contribution in [0.4, 0.5) is 0 Å². The van der Waals surface area contributed by atoms with Crippen molar-refractivity contribution in [2.75, 3.05) is 5.75 Å². The Labute approximate surface area is 68.8 Å². The number of fused-ring (bicyclic) bond motifs is 1. The van der Waals surface area contributed by atoms with Crippen LogP contribution in [0.1, 0.15) is 39.5 Å². The van der Waals surface area contributed by atoms with Gasteiger partial charge in [-0.3, -0.25) is 0 Å². The third-order valence-corrected chi connectivity index (χ3v) is 3.93. The van der Waals surface area contributed by atoms with E-state index in [4.69, 9.17) is 0 Å². The fraction of sp³-hybridized carbons (Fsp3) is 1.00. The lowest BCUT2D eigenvalue weighted by Crippen LogP contribution is -2.00. The lowest BCUT2D eigenvalue weighted by Gasteiger charge is -2.03. The van der Waals surface area contributed by atoms with E-state index >= 15 is 0 Å². The summed E-state index contributed by atoms with van der Waals surface area (Å²) in [5.74, 6) is 2.59. The summed E-state index contributed by atoms with van der Waals surface area (Å²) in [7, 11) is 0. The Balaban J connectivity index is 0.000000231. The van der Waals surface area contributed by atoms with Crippen molar-refractivity contribution in [1.82, 2.24) is 0 Å². The molecule has 2 rings (SSSR count). The highest BCUT2D eigenvalue weighted by atomic mass is 32.2. The normalized spacial score (nSPS) is 36.6. The molecule has 0 nitrogen and oxygen atoms in total. The van der Waals surface area contributed by atoms with Crippen molar-refractivity contribution in [3.8, 4) is 0 Å². The molecule has 1 heteroatoms. The van der Waals surface area contributed by atoms with Crippen molar-refractivity contribution in [3.05, 3.63) is 0 Å². The van der Waals surface area contributed by atoms with Gasteiger partial charge in [-0.2, -0.15) is 11.8 Å². The molecule has 0 N–H and O–H groups in total. The molecular formula is C9H18S. The average Bonchev–Trinajstić information content (AvgIpc) is 2.49. The van der Waals surface area contributed by atoms with Crippen LogP contribution in [0, 0.1) is 5.92 Å². The summed E-state index contributed by atoms with van der Waals surface area (Å²) in [6, 6.07) is 0. The van der Waals surface area contributed by atoms with E-state index in [9.17, 15) is 0 Å². The van der Waals surface area contributed by atoms with Crippen LogP contribution in [0.2, 0.25) is 0 Å². The van der Waals surface area contributed by atoms with Crippen LogP contribution in [0.3, 0.4) is 0 Å². The third-order valence-electron chi connectivity index (χ3n) is 2.41. The maximum Gasteiger partial charge on any atom is 0.00756 e. The Morgan fingerprint density at radius 3 is 2.60 bits per heavy atom. The van der Waals surface area contributed by atoms with Crippen LogP contribution >= 0.6 is 11.8 Å². The Morgan fingerprint density at radius 2 is 1.90 bits per heavy atom. The lowest BCUT2D eigenvalue weighted by molar-refractivity contribution is 0.569. The number of rotatable bonds is 0. The Morgan fingerprint density at radius 1 is 1.10 bits per heavy atom. The molecule has 0 aromatic rings. The first-order valence-electron chi connectivity index (χ1n) is 4.58. The van der Waals surface area contributed by atoms with Crippen LogP contribution in [-0.2, 0) is 0 Å². The molecule has 1 aliphatic carbocycles. The first kappa shape index (κ1) is 8.45. The van der Waals surface area contributed by atoms with E-state index in [0.717, 1.165) is 11.2 Å². The molecular weight excluding hydrogens is 140 g/mol. The molecule has 0 spiro atoms. The monoisotopic (exact) mass is 158 g/mol. The number of hydrogen-bond donors (Lipinski definition) is 0. The molecule has 0 radical (unpaired) electrons. The maximum absolute atomic E-state index is 2.21. The minimum Gasteiger partial charge on any atom is -0.158 e. The molecule has 1 heterocycles. The summed E-state index contributed by atoms with van der Waals surface area (Å²) < 4.78 is 0. The van der Waals surface area contributed by atoms with Crippen molar-refractivity contribution in [2.24, 2.45) is 5.92 Å². The second kappa shape index (κ2) is 4.27. The summed E-state index contributed by atoms with van der Waals surface area (Å²) >= 11 is 2.21. The van der Waals surface area contributed by atoms with Gasteiger partial charge >= 0.3 is 0 Å². The summed E-state index contributed by atoms with van der Waals surface area (Å²) in [5.41, 5.74) is 0. The SMILES string of the molecule is C1CC2CCSC2C1.CC. The molecule has 0 amide bonds. The van der Waals surface area contributed by atoms with Crippen LogP contribution in [0.15, 0.2) is 0 Å². The van der Waals surface area contributed by atoms with Crippen molar-refractivity contribution in [1.29, 1.82) is 0 Å². The first-order valence-corrected chi connectivity index (χ1v) is 5.63. The molecule has 1 aliphatic heterocycles. The van der Waals surface area contributed by atoms with E-state index in [1.54, 1.807) is 0 Å². The Kier molecular flexibility index (Phi) is 3.61. The zero-order chi connectivity index (χ0) is 7.40. The van der Waals surface area contributed by atoms with Gasteiger partial charge in [0.1, 0.15) is 0 Å². The van der Waals surface area contributed by atoms with Gasteiger partial charge < -0.3 is 0 Å². The van der Waals surface area contributed by atoms with E-state index in [1.807, 2.05) is 13.8 Å². The van der Waals surface area contributed by atoms with Crippen LogP contribution < -0.4 is 0 Å². The Hall–Kier alpha value is 0.350. The predicted molar refractivity (Wildman–Crippen MR) is 49.6 cm³/mol. The highest BCUT2D eigenvalue weighted by Crippen LogP contribution is 2.43. The average molecular weight is 158 g/mol. The molecule has 2 unspecified atom stereocenters. The molecule has 1 saturated heterocycles. The van der Waals surface area contributed by atoms with Gasteiger partial charge in [-0.05, 0) is 30.9 Å². The summed E-state index contributed by atoms with van der Waals surface area (Å²) in [6.07, 6.45) is 6.10. The predicted octanol–water partition coefficient (Wildman–Crippen LogP) is 3.32. The highest BCUT2D eigenvalue weighted by molar-refractivity contribution is 8.00. The van der Waals surface area contributed by atoms with Crippen molar-refractivity contribution in [2.45, 2.75) is 44.8 Å². The summed E-state index contributed by atoms with van der Waals surface area (Å²) in [5, 5.41) is 1.09. The molecule has 2 fully saturated rings. The maximum atomic E-state index is 2.21. The number of hydrogen-bond acceptors (Lipinski definition) is 1. The molecule has 60 valence electrons. The minimum atomic E-state index is 1.09. The van der Waals surface area contributed by atoms with E-state index in [-0.39, 0.29) is 0 Å². The van der Waals surface area contributed by atoms with Gasteiger partial charge in [0.15, 0.2) is 0 Å². The Bertz CT molecular complexity index is 70.7. The smallest absolute Gasteiger partial charge is 0.00756 e. The molecule has 10 heavy (non-hydrogen) atoms. The van der Waals surface area contributed by atoms with Crippen LogP contribution in [0.5, 0.6) is 0 Å². The molecule has 0 bridgehead atoms. The molecule has 0 aromatic heterocycles. The topological polar surface area (TPSA) is 0 Å². The largest absolute Gasteiger partial charge is 0.158 e. The van der Waals surface area contributed by atoms with Crippen molar-refractivity contribution < 1.29 is 0 Å². The fourth-order valence-corrected chi connectivity index (χ4v) is 3.54. The summed E-state index contributed by atoms with van der Waals surface area (Å²) in [6.45, 7) is 4.00. The van der Waals surface area contributed by atoms with Crippen LogP contribution in [0.25, 0.3) is 0 Å². The standard InChI is InChI=1S/C7H12S.C2H6/c1-2-6-4-5-8-7(6)3-1;1-2/h6-7H,1-5H2;1-2H3. The first-order chi connectivity index (χ1) is 4.97. The summed E-state index contributed by atoms with van der Waals surface area (Å²) in [4.78, 5) is 0. The van der Waals surface area contributed by atoms with Crippen molar-refractivity contribution in [3.63, 3.8) is 0 Å². The van der Waals surface area contributed by atoms with E-state index in [1.165, 1.54) is 31.4 Å². The van der Waals surface area contributed by atoms with Gasteiger partial charge in [-0.1, -0.05) is 20.3 Å². The zero-order valence-electron chi connectivity index (χ0n) is 7.10. The lowest BCUT2D eigenvalue weighted by atomic mass is 10.1. The minimum absolute atomic E-state index is 1.09. The van der Waals surface area contributed by atoms with E-state index in [2.05, 4.69) is 11.8 Å². The van der Waals surface area contributed by atoms with Crippen molar-refractivity contribution >= 4 is 11.8 Å². The quantitative estimate of drug-likeness (QED) is 0.521. The van der Waals surface area contributed by atoms with Gasteiger partial charge in [-0.25, -0.2) is 0 Å². The van der Waals surface area contributed by atoms with E-state index < -0.39 is 0 Å². The van der Waals surface area contributed by atoms with Gasteiger partial charge in [-0.15, -0.1) is 0 Å². The van der Waals surface area contributed by atoms with E-state index in [0.29, 0.717) is 0 Å². The van der Waals surface area contributed by atoms with Gasteiger partial charge in [0, 0.05) is 5.25 Å². The molecule has 2 atom stereocenters. The van der Waals surface area contributed by atoms with Crippen LogP contribution in [-0.4, -0.2) is 11.0 Å². The van der Waals surface area contributed by atoms with Gasteiger partial charge in [0.25, 0.3) is 0 Å². The second-order valence-electron chi connectivity index (χ2n) is 2.89. The highest BCUT2D eigenvalue weighted by Gasteiger charge is 2.31. The number of thioether (sulfide) groups is 1. The molecule has 1 saturated carbocycles. The van der Waals surface area contributed by atoms with Gasteiger partial charge in [0.05, 0.1) is 0 Å². The second-order valence-corrected chi connectivity index (χ2v) is 4.24. The molecule has 0 aromatic carbocycles. The zero-order valence-corrected chi connectivity index (χ0v) is 7.91.